The molecule has 0 aromatic carbocycles. The van der Waals surface area contributed by atoms with Crippen molar-refractivity contribution in [1.29, 1.82) is 0 Å². The predicted octanol–water partition coefficient (Wildman–Crippen LogP) is 5.46. The maximum absolute atomic E-state index is 2.47. The number of hydrogen-bond donors (Lipinski definition) is 0. The van der Waals surface area contributed by atoms with E-state index in [9.17, 15) is 0 Å². The SMILES string of the molecule is CCCCCC/[SiH]=C1\C=CSC1C1SC=C/C1=[SiH]\CCCCCC. The third-order valence-corrected chi connectivity index (χ3v) is 11.1. The number of rotatable bonds is 11. The van der Waals surface area contributed by atoms with E-state index in [-0.39, 0.29) is 0 Å². The third kappa shape index (κ3) is 6.93. The molecule has 2 unspecified atom stereocenters. The van der Waals surface area contributed by atoms with Crippen molar-refractivity contribution in [2.45, 2.75) is 87.8 Å². The van der Waals surface area contributed by atoms with E-state index in [1.807, 2.05) is 0 Å². The summed E-state index contributed by atoms with van der Waals surface area (Å²) in [5.74, 6) is 0. The van der Waals surface area contributed by atoms with Gasteiger partial charge in [0.2, 0.25) is 0 Å². The van der Waals surface area contributed by atoms with Crippen LogP contribution in [-0.2, 0) is 0 Å². The van der Waals surface area contributed by atoms with E-state index < -0.39 is 0 Å². The van der Waals surface area contributed by atoms with Crippen LogP contribution in [0.2, 0.25) is 12.1 Å². The van der Waals surface area contributed by atoms with Crippen molar-refractivity contribution >= 4 is 52.1 Å². The Balaban J connectivity index is 1.84. The Labute approximate surface area is 162 Å². The lowest BCUT2D eigenvalue weighted by atomic mass is 10.2. The molecule has 0 amide bonds. The third-order valence-electron chi connectivity index (χ3n) is 4.78. The van der Waals surface area contributed by atoms with E-state index in [1.165, 1.54) is 63.5 Å². The Hall–Kier alpha value is 0.354. The molecule has 0 radical (unpaired) electrons. The molecule has 0 saturated heterocycles. The molecule has 2 heterocycles. The van der Waals surface area contributed by atoms with Gasteiger partial charge in [-0.3, -0.25) is 0 Å². The van der Waals surface area contributed by atoms with E-state index >= 15 is 0 Å². The number of unbranched alkanes of at least 4 members (excludes halogenated alkanes) is 6. The van der Waals surface area contributed by atoms with E-state index in [0.29, 0.717) is 18.3 Å². The highest BCUT2D eigenvalue weighted by Crippen LogP contribution is 2.35. The normalized spacial score (nSPS) is 26.2. The van der Waals surface area contributed by atoms with Gasteiger partial charge in [0.15, 0.2) is 0 Å². The summed E-state index contributed by atoms with van der Waals surface area (Å²) in [4.78, 5) is 0. The van der Waals surface area contributed by atoms with Crippen LogP contribution < -0.4 is 0 Å². The summed E-state index contributed by atoms with van der Waals surface area (Å²) in [5.41, 5.74) is 0. The second-order valence-corrected chi connectivity index (χ2v) is 12.2. The average molecular weight is 395 g/mol. The highest BCUT2D eigenvalue weighted by atomic mass is 32.2. The van der Waals surface area contributed by atoms with Gasteiger partial charge in [-0.25, -0.2) is 0 Å². The van der Waals surface area contributed by atoms with Crippen LogP contribution in [0.3, 0.4) is 0 Å². The number of allylic oxidation sites excluding steroid dienone is 2. The zero-order valence-electron chi connectivity index (χ0n) is 15.5. The highest BCUT2D eigenvalue weighted by molar-refractivity contribution is 8.08. The van der Waals surface area contributed by atoms with Gasteiger partial charge in [0.1, 0.15) is 0 Å². The molecule has 2 atom stereocenters. The molecule has 2 aliphatic rings. The Morgan fingerprint density at radius 3 is 1.58 bits per heavy atom. The Morgan fingerprint density at radius 1 is 0.708 bits per heavy atom. The minimum atomic E-state index is 0.525. The molecule has 2 rings (SSSR count). The maximum atomic E-state index is 2.47. The smallest absolute Gasteiger partial charge is 0.0451 e. The molecule has 24 heavy (non-hydrogen) atoms. The van der Waals surface area contributed by atoms with Crippen molar-refractivity contribution in [3.63, 3.8) is 0 Å². The quantitative estimate of drug-likeness (QED) is 0.337. The fraction of sp³-hybridized carbons (Fsp3) is 0.700. The highest BCUT2D eigenvalue weighted by Gasteiger charge is 2.30. The Morgan fingerprint density at radius 2 is 1.17 bits per heavy atom. The van der Waals surface area contributed by atoms with E-state index in [0.717, 1.165) is 10.5 Å². The van der Waals surface area contributed by atoms with Gasteiger partial charge in [-0.15, -0.1) is 23.5 Å². The van der Waals surface area contributed by atoms with Gasteiger partial charge in [0.25, 0.3) is 0 Å². The molecule has 0 saturated carbocycles. The Bertz CT molecular complexity index is 436. The minimum absolute atomic E-state index is 0.525. The lowest BCUT2D eigenvalue weighted by Crippen LogP contribution is -2.32. The molecule has 0 aliphatic carbocycles. The van der Waals surface area contributed by atoms with Gasteiger partial charge in [0, 0.05) is 10.5 Å². The number of thioether (sulfide) groups is 2. The molecule has 134 valence electrons. The van der Waals surface area contributed by atoms with Crippen molar-refractivity contribution in [3.8, 4) is 0 Å². The maximum Gasteiger partial charge on any atom is 0.0451 e. The van der Waals surface area contributed by atoms with Crippen molar-refractivity contribution in [1.82, 2.24) is 0 Å². The summed E-state index contributed by atoms with van der Waals surface area (Å²) in [6.07, 6.45) is 16.3. The largest absolute Gasteiger partial charge is 0.125 e. The van der Waals surface area contributed by atoms with Crippen LogP contribution in [-0.4, -0.2) is 39.1 Å². The van der Waals surface area contributed by atoms with Crippen molar-refractivity contribution < 1.29 is 0 Å². The monoisotopic (exact) mass is 394 g/mol. The van der Waals surface area contributed by atoms with Crippen LogP contribution in [0.15, 0.2) is 23.0 Å². The van der Waals surface area contributed by atoms with Crippen LogP contribution in [0.4, 0.5) is 0 Å². The van der Waals surface area contributed by atoms with Gasteiger partial charge in [-0.05, 0) is 41.2 Å². The lowest BCUT2D eigenvalue weighted by Gasteiger charge is -2.21. The first-order chi connectivity index (χ1) is 11.9. The molecular weight excluding hydrogens is 361 g/mol. The summed E-state index contributed by atoms with van der Waals surface area (Å²) >= 11 is 4.20. The molecule has 0 fully saturated rings. The number of hydrogen-bond acceptors (Lipinski definition) is 2. The summed E-state index contributed by atoms with van der Waals surface area (Å²) in [5, 5.41) is 9.91. The minimum Gasteiger partial charge on any atom is -0.125 e. The van der Waals surface area contributed by atoms with Gasteiger partial charge in [-0.2, -0.15) is 0 Å². The first-order valence-electron chi connectivity index (χ1n) is 9.91. The molecule has 0 aromatic rings. The first-order valence-corrected chi connectivity index (χ1v) is 14.6. The first kappa shape index (κ1) is 20.7. The molecule has 0 N–H and O–H groups in total. The van der Waals surface area contributed by atoms with E-state index in [1.54, 1.807) is 10.3 Å². The summed E-state index contributed by atoms with van der Waals surface area (Å²) in [6, 6.07) is 2.95. The van der Waals surface area contributed by atoms with Crippen LogP contribution in [0, 0.1) is 0 Å². The molecule has 0 bridgehead atoms. The molecule has 0 nitrogen and oxygen atoms in total. The van der Waals surface area contributed by atoms with Gasteiger partial charge < -0.3 is 0 Å². The van der Waals surface area contributed by atoms with Gasteiger partial charge in [-0.1, -0.05) is 87.7 Å². The van der Waals surface area contributed by atoms with Crippen molar-refractivity contribution in [2.75, 3.05) is 0 Å². The van der Waals surface area contributed by atoms with Gasteiger partial charge in [0.05, 0.1) is 0 Å². The zero-order valence-corrected chi connectivity index (χ0v) is 19.4. The van der Waals surface area contributed by atoms with Crippen molar-refractivity contribution in [3.05, 3.63) is 23.0 Å². The fourth-order valence-electron chi connectivity index (χ4n) is 3.29. The lowest BCUT2D eigenvalue weighted by molar-refractivity contribution is 0.701. The molecule has 2 aliphatic heterocycles. The van der Waals surface area contributed by atoms with Crippen LogP contribution >= 0.6 is 23.5 Å². The average Bonchev–Trinajstić information content (AvgIpc) is 3.23. The van der Waals surface area contributed by atoms with Gasteiger partial charge >= 0.3 is 0 Å². The standard InChI is InChI=1S/C20H34S2Si2/c1-3-5-7-9-15-23-17-11-13-21-19(17)20-18(12-14-22-20)24-16-10-8-6-4-2/h11-14,19-20,23-24H,3-10,15-16H2,1-2H3/b23-17+,24-18+. The van der Waals surface area contributed by atoms with E-state index in [4.69, 9.17) is 0 Å². The van der Waals surface area contributed by atoms with E-state index in [2.05, 4.69) is 60.3 Å². The predicted molar refractivity (Wildman–Crippen MR) is 123 cm³/mol. The van der Waals surface area contributed by atoms with Crippen LogP contribution in [0.5, 0.6) is 0 Å². The molecule has 0 spiro atoms. The second kappa shape index (κ2) is 12.7. The zero-order chi connectivity index (χ0) is 17.0. The van der Waals surface area contributed by atoms with Crippen LogP contribution in [0.1, 0.15) is 65.2 Å². The van der Waals surface area contributed by atoms with Crippen molar-refractivity contribution in [2.24, 2.45) is 0 Å². The summed E-state index contributed by atoms with van der Waals surface area (Å²) in [7, 11) is 1.05. The Kier molecular flexibility index (Phi) is 10.9. The summed E-state index contributed by atoms with van der Waals surface area (Å²) < 4.78 is 0. The molecule has 0 aromatic heterocycles. The topological polar surface area (TPSA) is 0 Å². The van der Waals surface area contributed by atoms with Crippen LogP contribution in [0.25, 0.3) is 0 Å². The summed E-state index contributed by atoms with van der Waals surface area (Å²) in [6.45, 7) is 4.61. The molecule has 4 heteroatoms. The molecular formula is C20H34S2Si2. The fourth-order valence-corrected chi connectivity index (χ4v) is 10.1. The second-order valence-electron chi connectivity index (χ2n) is 6.83.